The summed E-state index contributed by atoms with van der Waals surface area (Å²) in [6.07, 6.45) is -1.66. The van der Waals surface area contributed by atoms with Gasteiger partial charge in [0.1, 0.15) is 34.4 Å². The van der Waals surface area contributed by atoms with Gasteiger partial charge >= 0.3 is 6.18 Å². The van der Waals surface area contributed by atoms with Crippen molar-refractivity contribution in [1.82, 2.24) is 29.5 Å². The van der Waals surface area contributed by atoms with Crippen molar-refractivity contribution < 1.29 is 27.4 Å². The van der Waals surface area contributed by atoms with Crippen LogP contribution in [0.25, 0.3) is 22.2 Å². The van der Waals surface area contributed by atoms with E-state index in [0.29, 0.717) is 0 Å². The molecule has 0 unspecified atom stereocenters. The van der Waals surface area contributed by atoms with Crippen LogP contribution in [0, 0.1) is 0 Å². The van der Waals surface area contributed by atoms with Crippen LogP contribution in [-0.2, 0) is 16.9 Å². The van der Waals surface area contributed by atoms with E-state index in [1.54, 1.807) is 0 Å². The van der Waals surface area contributed by atoms with Gasteiger partial charge in [-0.3, -0.25) is 9.79 Å². The van der Waals surface area contributed by atoms with Crippen LogP contribution in [0.15, 0.2) is 169 Å². The Balaban J connectivity index is 0.000000190. The first-order valence-electron chi connectivity index (χ1n) is 26.2. The number of ether oxygens (including phenoxy) is 2. The lowest BCUT2D eigenvalue weighted by Crippen LogP contribution is -2.44. The number of halogens is 3. The van der Waals surface area contributed by atoms with Crippen molar-refractivity contribution in [2.75, 3.05) is 76.3 Å². The number of hydrogen-bond acceptors (Lipinski definition) is 11. The lowest BCUT2D eigenvalue weighted by molar-refractivity contribution is -0.156. The Morgan fingerprint density at radius 3 is 1.49 bits per heavy atom. The highest BCUT2D eigenvalue weighted by Gasteiger charge is 2.41. The topological polar surface area (TPSA) is 104 Å². The predicted molar refractivity (Wildman–Crippen MR) is 301 cm³/mol. The number of carbonyl (C=O) groups is 1. The maximum absolute atomic E-state index is 10.4. The van der Waals surface area contributed by atoms with E-state index in [1.807, 2.05) is 32.3 Å². The fourth-order valence-electron chi connectivity index (χ4n) is 10.1. The average molecular weight is 1040 g/mol. The first kappa shape index (κ1) is 53.9. The summed E-state index contributed by atoms with van der Waals surface area (Å²) < 4.78 is 45.6. The molecule has 8 aromatic rings. The van der Waals surface area contributed by atoms with Crippen LogP contribution in [0.1, 0.15) is 61.1 Å². The smallest absolute Gasteiger partial charge is 0.446 e. The van der Waals surface area contributed by atoms with E-state index in [-0.39, 0.29) is 12.2 Å². The van der Waals surface area contributed by atoms with Crippen LogP contribution in [0.3, 0.4) is 0 Å². The second kappa shape index (κ2) is 24.0. The molecule has 3 aromatic heterocycles. The number of likely N-dealkylation sites (N-methyl/N-ethyl adjacent to an activating group) is 2. The number of benzene rings is 5. The molecule has 0 N–H and O–H groups in total. The van der Waals surface area contributed by atoms with Crippen molar-refractivity contribution in [2.24, 2.45) is 4.99 Å². The number of carbonyl (C=O) groups excluding carboxylic acids is 1. The van der Waals surface area contributed by atoms with E-state index in [2.05, 4.69) is 203 Å². The van der Waals surface area contributed by atoms with Gasteiger partial charge in [-0.2, -0.15) is 18.3 Å². The number of aldehydes is 1. The number of piperazine rings is 2. The first-order chi connectivity index (χ1) is 37.2. The molecule has 398 valence electrons. The summed E-state index contributed by atoms with van der Waals surface area (Å²) in [5, 5.41) is 6.62. The van der Waals surface area contributed by atoms with Crippen LogP contribution in [0.5, 0.6) is 11.5 Å². The number of aliphatic imine (C=N–C) groups is 1. The quantitative estimate of drug-likeness (QED) is 0.0868. The normalized spacial score (nSPS) is 15.1. The number of alkyl halides is 3. The number of pyridine rings is 2. The number of hydrogen-bond donors (Lipinski definition) is 0. The third kappa shape index (κ3) is 12.5. The van der Waals surface area contributed by atoms with Crippen LogP contribution >= 0.6 is 0 Å². The number of rotatable bonds is 12. The SMILES string of the molecule is CC(C)Oc1ccc2c(c1)C(c1ccnc(N3CCN(C)CC3)c1)=NC2.CC(C)Oc1ccc2c(c1)c(-c1ccnc(N3CCN(C)CC3)c1)nn2C(c1ccccc1)(c1ccccc1)c1ccccc1.O=CC(F)(F)F. The van der Waals surface area contributed by atoms with E-state index in [9.17, 15) is 13.2 Å². The minimum atomic E-state index is -4.64. The van der Waals surface area contributed by atoms with Gasteiger partial charge in [0.2, 0.25) is 6.29 Å². The van der Waals surface area contributed by atoms with E-state index >= 15 is 0 Å². The molecule has 6 heterocycles. The molecular formula is C62H66F3N9O3. The Bertz CT molecular complexity index is 3170. The van der Waals surface area contributed by atoms with Gasteiger partial charge in [-0.1, -0.05) is 97.1 Å². The lowest BCUT2D eigenvalue weighted by atomic mass is 9.77. The molecule has 0 radical (unpaired) electrons. The van der Waals surface area contributed by atoms with Gasteiger partial charge in [-0.25, -0.2) is 14.6 Å². The standard InChI is InChI=1S/C39H39N5O.C21H26N4O.C2HF3O/c1-29(2)45-34-19-20-36-35(28-34)38(30-21-22-40-37(27-30)43-25-23-42(3)24-26-43)41-44(36)39(31-13-7-4-8-14-31,32-15-9-5-10-16-32)33-17-11-6-12-18-33;1-15(2)26-18-5-4-17-14-23-21(19(17)13-18)16-6-7-22-20(12-16)25-10-8-24(3)9-11-25;3-2(4,5)1-6/h4-22,27-29H,23-26H2,1-3H3;4-7,12-13,15H,8-11,14H2,1-3H3;1H. The minimum Gasteiger partial charge on any atom is -0.491 e. The third-order valence-corrected chi connectivity index (χ3v) is 13.9. The zero-order valence-electron chi connectivity index (χ0n) is 44.6. The van der Waals surface area contributed by atoms with Crippen LogP contribution in [-0.4, -0.2) is 126 Å². The molecule has 11 rings (SSSR count). The summed E-state index contributed by atoms with van der Waals surface area (Å²) in [6.45, 7) is 17.1. The highest BCUT2D eigenvalue weighted by Crippen LogP contribution is 2.45. The largest absolute Gasteiger partial charge is 0.491 e. The lowest BCUT2D eigenvalue weighted by Gasteiger charge is -2.37. The molecule has 77 heavy (non-hydrogen) atoms. The van der Waals surface area contributed by atoms with Crippen molar-refractivity contribution >= 4 is 34.5 Å². The van der Waals surface area contributed by atoms with E-state index in [4.69, 9.17) is 29.3 Å². The molecule has 12 nitrogen and oxygen atoms in total. The average Bonchev–Trinajstić information content (AvgIpc) is 4.08. The third-order valence-electron chi connectivity index (χ3n) is 13.9. The number of aromatic nitrogens is 4. The van der Waals surface area contributed by atoms with Crippen LogP contribution in [0.4, 0.5) is 24.8 Å². The van der Waals surface area contributed by atoms with Gasteiger partial charge in [-0.05, 0) is 119 Å². The molecule has 0 amide bonds. The van der Waals surface area contributed by atoms with Crippen molar-refractivity contribution in [3.8, 4) is 22.8 Å². The summed E-state index contributed by atoms with van der Waals surface area (Å²) >= 11 is 0. The Morgan fingerprint density at radius 1 is 0.558 bits per heavy atom. The van der Waals surface area contributed by atoms with Crippen molar-refractivity contribution in [3.05, 3.63) is 197 Å². The minimum absolute atomic E-state index is 0.0581. The maximum Gasteiger partial charge on any atom is 0.446 e. The van der Waals surface area contributed by atoms with Gasteiger partial charge in [0.05, 0.1) is 30.0 Å². The van der Waals surface area contributed by atoms with E-state index in [1.165, 1.54) is 11.1 Å². The molecule has 15 heteroatoms. The van der Waals surface area contributed by atoms with Crippen LogP contribution in [0.2, 0.25) is 0 Å². The molecule has 2 fully saturated rings. The van der Waals surface area contributed by atoms with Gasteiger partial charge < -0.3 is 29.1 Å². The van der Waals surface area contributed by atoms with Gasteiger partial charge in [-0.15, -0.1) is 0 Å². The van der Waals surface area contributed by atoms with Crippen molar-refractivity contribution in [1.29, 1.82) is 0 Å². The fraction of sp³-hybridized carbons (Fsp3) is 0.306. The summed E-state index contributed by atoms with van der Waals surface area (Å²) in [7, 11) is 4.34. The molecular weight excluding hydrogens is 976 g/mol. The predicted octanol–water partition coefficient (Wildman–Crippen LogP) is 11.2. The van der Waals surface area contributed by atoms with Gasteiger partial charge in [0.25, 0.3) is 0 Å². The second-order valence-corrected chi connectivity index (χ2v) is 20.1. The van der Waals surface area contributed by atoms with Gasteiger partial charge in [0, 0.05) is 86.8 Å². The second-order valence-electron chi connectivity index (χ2n) is 20.1. The highest BCUT2D eigenvalue weighted by molar-refractivity contribution is 6.15. The zero-order chi connectivity index (χ0) is 54.1. The summed E-state index contributed by atoms with van der Waals surface area (Å²) in [5.74, 6) is 3.76. The number of anilines is 2. The fourth-order valence-corrected chi connectivity index (χ4v) is 10.1. The molecule has 3 aliphatic rings. The van der Waals surface area contributed by atoms with Gasteiger partial charge in [0.15, 0.2) is 0 Å². The van der Waals surface area contributed by atoms with Crippen molar-refractivity contribution in [2.45, 2.75) is 58.2 Å². The molecule has 0 saturated carbocycles. The number of fused-ring (bicyclic) bond motifs is 2. The molecule has 3 aliphatic heterocycles. The molecule has 5 aromatic carbocycles. The van der Waals surface area contributed by atoms with Crippen LogP contribution < -0.4 is 19.3 Å². The Hall–Kier alpha value is -7.88. The maximum atomic E-state index is 10.4. The number of nitrogens with zero attached hydrogens (tertiary/aromatic N) is 9. The Morgan fingerprint density at radius 2 is 1.01 bits per heavy atom. The Labute approximate surface area is 449 Å². The zero-order valence-corrected chi connectivity index (χ0v) is 44.6. The molecule has 0 atom stereocenters. The molecule has 2 saturated heterocycles. The first-order valence-corrected chi connectivity index (χ1v) is 26.2. The molecule has 0 aliphatic carbocycles. The molecule has 0 spiro atoms. The highest BCUT2D eigenvalue weighted by atomic mass is 19.4. The van der Waals surface area contributed by atoms with E-state index < -0.39 is 18.0 Å². The monoisotopic (exact) mass is 1040 g/mol. The molecule has 0 bridgehead atoms. The summed E-state index contributed by atoms with van der Waals surface area (Å²) in [4.78, 5) is 32.3. The van der Waals surface area contributed by atoms with E-state index in [0.717, 1.165) is 132 Å². The Kier molecular flexibility index (Phi) is 16.8. The summed E-state index contributed by atoms with van der Waals surface area (Å²) in [5.41, 5.74) is 10.2. The summed E-state index contributed by atoms with van der Waals surface area (Å²) in [6, 6.07) is 53.3. The van der Waals surface area contributed by atoms with Crippen molar-refractivity contribution in [3.63, 3.8) is 0 Å².